The lowest BCUT2D eigenvalue weighted by molar-refractivity contribution is 0.234. The van der Waals surface area contributed by atoms with Crippen LogP contribution in [0.15, 0.2) is 18.7 Å². The molecule has 2 rings (SSSR count). The van der Waals surface area contributed by atoms with Gasteiger partial charge in [0.1, 0.15) is 6.33 Å². The molecule has 0 aromatic carbocycles. The topological polar surface area (TPSA) is 46.9 Å². The molecular weight excluding hydrogens is 202 g/mol. The van der Waals surface area contributed by atoms with E-state index in [2.05, 4.69) is 17.2 Å². The number of imidazole rings is 1. The molecule has 1 saturated carbocycles. The van der Waals surface area contributed by atoms with Crippen molar-refractivity contribution in [2.75, 3.05) is 6.54 Å². The molecule has 1 aromatic rings. The van der Waals surface area contributed by atoms with E-state index in [0.717, 1.165) is 12.5 Å². The van der Waals surface area contributed by atoms with Crippen molar-refractivity contribution < 1.29 is 4.79 Å². The van der Waals surface area contributed by atoms with Crippen molar-refractivity contribution in [3.63, 3.8) is 0 Å². The number of hydrogen-bond acceptors (Lipinski definition) is 2. The third-order valence-corrected chi connectivity index (χ3v) is 3.42. The second-order valence-electron chi connectivity index (χ2n) is 4.78. The molecule has 4 heteroatoms. The second-order valence-corrected chi connectivity index (χ2v) is 4.78. The molecule has 88 valence electrons. The Labute approximate surface area is 96.1 Å². The van der Waals surface area contributed by atoms with Gasteiger partial charge in [-0.2, -0.15) is 0 Å². The highest BCUT2D eigenvalue weighted by atomic mass is 16.2. The summed E-state index contributed by atoms with van der Waals surface area (Å²) in [6.45, 7) is 3.10. The fraction of sp³-hybridized carbons (Fsp3) is 0.667. The van der Waals surface area contributed by atoms with Crippen molar-refractivity contribution in [2.45, 2.75) is 32.6 Å². The average Bonchev–Trinajstić information content (AvgIpc) is 2.81. The van der Waals surface area contributed by atoms with Crippen molar-refractivity contribution in [2.24, 2.45) is 11.8 Å². The van der Waals surface area contributed by atoms with Gasteiger partial charge in [-0.05, 0) is 24.7 Å². The molecule has 0 saturated heterocycles. The van der Waals surface area contributed by atoms with Gasteiger partial charge in [0.15, 0.2) is 0 Å². The summed E-state index contributed by atoms with van der Waals surface area (Å²) in [7, 11) is 0. The van der Waals surface area contributed by atoms with Crippen LogP contribution in [0.4, 0.5) is 4.79 Å². The van der Waals surface area contributed by atoms with E-state index < -0.39 is 0 Å². The first-order valence-corrected chi connectivity index (χ1v) is 6.02. The normalized spacial score (nSPS) is 25.3. The average molecular weight is 221 g/mol. The predicted octanol–water partition coefficient (Wildman–Crippen LogP) is 2.27. The first-order valence-electron chi connectivity index (χ1n) is 6.02. The molecule has 1 amide bonds. The summed E-state index contributed by atoms with van der Waals surface area (Å²) < 4.78 is 1.48. The van der Waals surface area contributed by atoms with Crippen LogP contribution in [-0.4, -0.2) is 22.1 Å². The van der Waals surface area contributed by atoms with Crippen LogP contribution in [0.5, 0.6) is 0 Å². The van der Waals surface area contributed by atoms with E-state index >= 15 is 0 Å². The van der Waals surface area contributed by atoms with E-state index in [1.165, 1.54) is 36.6 Å². The molecule has 1 heterocycles. The van der Waals surface area contributed by atoms with E-state index in [4.69, 9.17) is 0 Å². The van der Waals surface area contributed by atoms with Crippen molar-refractivity contribution in [1.82, 2.24) is 14.9 Å². The van der Waals surface area contributed by atoms with Gasteiger partial charge in [-0.25, -0.2) is 9.78 Å². The van der Waals surface area contributed by atoms with Crippen LogP contribution in [0, 0.1) is 11.8 Å². The van der Waals surface area contributed by atoms with Gasteiger partial charge >= 0.3 is 6.03 Å². The third kappa shape index (κ3) is 2.84. The zero-order valence-corrected chi connectivity index (χ0v) is 9.72. The highest BCUT2D eigenvalue weighted by Crippen LogP contribution is 2.27. The Hall–Kier alpha value is -1.32. The summed E-state index contributed by atoms with van der Waals surface area (Å²) in [5, 5.41) is 2.95. The number of nitrogens with one attached hydrogen (secondary N) is 1. The van der Waals surface area contributed by atoms with Crippen LogP contribution in [0.1, 0.15) is 32.6 Å². The number of carbonyl (C=O) groups excluding carboxylic acids is 1. The Balaban J connectivity index is 1.73. The zero-order valence-electron chi connectivity index (χ0n) is 9.72. The minimum absolute atomic E-state index is 0.0730. The minimum atomic E-state index is -0.0730. The molecule has 1 aromatic heterocycles. The molecular formula is C12H19N3O. The molecule has 0 aliphatic heterocycles. The monoisotopic (exact) mass is 221 g/mol. The van der Waals surface area contributed by atoms with Crippen LogP contribution < -0.4 is 5.32 Å². The zero-order chi connectivity index (χ0) is 11.4. The predicted molar refractivity (Wildman–Crippen MR) is 62.1 cm³/mol. The van der Waals surface area contributed by atoms with Crippen LogP contribution in [0.2, 0.25) is 0 Å². The van der Waals surface area contributed by atoms with Gasteiger partial charge in [-0.1, -0.05) is 19.8 Å². The van der Waals surface area contributed by atoms with Crippen molar-refractivity contribution in [3.05, 3.63) is 18.7 Å². The lowest BCUT2D eigenvalue weighted by Gasteiger charge is -2.26. The Morgan fingerprint density at radius 2 is 2.19 bits per heavy atom. The maximum absolute atomic E-state index is 11.6. The lowest BCUT2D eigenvalue weighted by Crippen LogP contribution is -2.33. The van der Waals surface area contributed by atoms with Gasteiger partial charge in [0.25, 0.3) is 0 Å². The molecule has 0 spiro atoms. The van der Waals surface area contributed by atoms with Crippen molar-refractivity contribution >= 4 is 6.03 Å². The molecule has 0 bridgehead atoms. The second kappa shape index (κ2) is 5.14. The first-order chi connectivity index (χ1) is 7.75. The highest BCUT2D eigenvalue weighted by Gasteiger charge is 2.18. The Morgan fingerprint density at radius 3 is 2.81 bits per heavy atom. The van der Waals surface area contributed by atoms with Crippen LogP contribution in [0.3, 0.4) is 0 Å². The van der Waals surface area contributed by atoms with Crippen LogP contribution in [-0.2, 0) is 0 Å². The minimum Gasteiger partial charge on any atom is -0.337 e. The fourth-order valence-electron chi connectivity index (χ4n) is 2.24. The number of hydrogen-bond donors (Lipinski definition) is 1. The van der Waals surface area contributed by atoms with E-state index in [1.54, 1.807) is 12.4 Å². The van der Waals surface area contributed by atoms with Gasteiger partial charge < -0.3 is 5.32 Å². The fourth-order valence-corrected chi connectivity index (χ4v) is 2.24. The molecule has 1 aliphatic carbocycles. The molecule has 16 heavy (non-hydrogen) atoms. The molecule has 0 atom stereocenters. The number of amides is 1. The standard InChI is InChI=1S/C12H19N3O/c1-10-2-4-11(5-3-10)8-14-12(16)15-7-6-13-9-15/h6-7,9-11H,2-5,8H2,1H3,(H,14,16). The summed E-state index contributed by atoms with van der Waals surface area (Å²) in [5.74, 6) is 1.52. The smallest absolute Gasteiger partial charge is 0.326 e. The van der Waals surface area contributed by atoms with Crippen molar-refractivity contribution in [1.29, 1.82) is 0 Å². The van der Waals surface area contributed by atoms with Crippen LogP contribution in [0.25, 0.3) is 0 Å². The maximum atomic E-state index is 11.6. The van der Waals surface area contributed by atoms with Gasteiger partial charge in [-0.3, -0.25) is 4.57 Å². The molecule has 1 fully saturated rings. The number of nitrogens with zero attached hydrogens (tertiary/aromatic N) is 2. The third-order valence-electron chi connectivity index (χ3n) is 3.42. The van der Waals surface area contributed by atoms with Crippen molar-refractivity contribution in [3.8, 4) is 0 Å². The van der Waals surface area contributed by atoms with E-state index in [9.17, 15) is 4.79 Å². The molecule has 1 aliphatic rings. The molecule has 1 N–H and O–H groups in total. The summed E-state index contributed by atoms with van der Waals surface area (Å²) in [4.78, 5) is 15.5. The quantitative estimate of drug-likeness (QED) is 0.832. The molecule has 0 unspecified atom stereocenters. The van der Waals surface area contributed by atoms with E-state index in [1.807, 2.05) is 0 Å². The van der Waals surface area contributed by atoms with Gasteiger partial charge in [-0.15, -0.1) is 0 Å². The summed E-state index contributed by atoms with van der Waals surface area (Å²) in [6.07, 6.45) is 9.88. The Bertz CT molecular complexity index is 326. The Kier molecular flexibility index (Phi) is 3.59. The molecule has 4 nitrogen and oxygen atoms in total. The number of carbonyl (C=O) groups is 1. The largest absolute Gasteiger partial charge is 0.337 e. The van der Waals surface area contributed by atoms with Gasteiger partial charge in [0.05, 0.1) is 0 Å². The summed E-state index contributed by atoms with van der Waals surface area (Å²) in [6, 6.07) is -0.0730. The first kappa shape index (κ1) is 11.2. The summed E-state index contributed by atoms with van der Waals surface area (Å²) >= 11 is 0. The van der Waals surface area contributed by atoms with E-state index in [-0.39, 0.29) is 6.03 Å². The van der Waals surface area contributed by atoms with E-state index in [0.29, 0.717) is 5.92 Å². The summed E-state index contributed by atoms with van der Waals surface area (Å²) in [5.41, 5.74) is 0. The molecule has 0 radical (unpaired) electrons. The lowest BCUT2D eigenvalue weighted by atomic mass is 9.83. The van der Waals surface area contributed by atoms with Gasteiger partial charge in [0, 0.05) is 18.9 Å². The van der Waals surface area contributed by atoms with Crippen LogP contribution >= 0.6 is 0 Å². The SMILES string of the molecule is CC1CCC(CNC(=O)n2ccnc2)CC1. The number of aromatic nitrogens is 2. The maximum Gasteiger partial charge on any atom is 0.326 e. The highest BCUT2D eigenvalue weighted by molar-refractivity contribution is 5.76. The van der Waals surface area contributed by atoms with Gasteiger partial charge in [0.2, 0.25) is 0 Å². The number of rotatable bonds is 2. The Morgan fingerprint density at radius 1 is 1.44 bits per heavy atom.